The largest absolute Gasteiger partial charge is 0.456 e. The summed E-state index contributed by atoms with van der Waals surface area (Å²) in [4.78, 5) is 24.1. The van der Waals surface area contributed by atoms with Crippen LogP contribution in [0.25, 0.3) is 0 Å². The minimum Gasteiger partial charge on any atom is -0.456 e. The van der Waals surface area contributed by atoms with Crippen LogP contribution in [0.15, 0.2) is 17.1 Å². The van der Waals surface area contributed by atoms with Gasteiger partial charge in [-0.1, -0.05) is 5.92 Å². The molecule has 1 heterocycles. The van der Waals surface area contributed by atoms with Crippen LogP contribution in [-0.4, -0.2) is 17.6 Å². The van der Waals surface area contributed by atoms with E-state index in [4.69, 9.17) is 5.73 Å². The van der Waals surface area contributed by atoms with E-state index in [1.807, 2.05) is 0 Å². The molecule has 5 heteroatoms. The van der Waals surface area contributed by atoms with Crippen LogP contribution in [0.5, 0.6) is 0 Å². The average molecular weight is 206 g/mol. The van der Waals surface area contributed by atoms with Crippen LogP contribution in [0.2, 0.25) is 0 Å². The Bertz CT molecular complexity index is 479. The minimum atomic E-state index is -0.609. The lowest BCUT2D eigenvalue weighted by molar-refractivity contribution is -0.136. The normalized spacial score (nSPS) is 8.87. The van der Waals surface area contributed by atoms with Gasteiger partial charge in [-0.25, -0.2) is 4.79 Å². The van der Waals surface area contributed by atoms with Gasteiger partial charge in [-0.15, -0.1) is 0 Å². The fraction of sp³-hybridized carbons (Fsp3) is 0.200. The van der Waals surface area contributed by atoms with Crippen LogP contribution >= 0.6 is 0 Å². The van der Waals surface area contributed by atoms with Gasteiger partial charge in [-0.2, -0.15) is 0 Å². The third-order valence-electron chi connectivity index (χ3n) is 1.52. The highest BCUT2D eigenvalue weighted by atomic mass is 16.5. The van der Waals surface area contributed by atoms with E-state index < -0.39 is 5.97 Å². The number of H-pyrrole nitrogens is 1. The number of rotatable bonds is 1. The summed E-state index contributed by atoms with van der Waals surface area (Å²) in [5, 5.41) is 0. The first kappa shape index (κ1) is 10.9. The lowest BCUT2D eigenvalue weighted by Gasteiger charge is -1.93. The predicted molar refractivity (Wildman–Crippen MR) is 55.0 cm³/mol. The summed E-state index contributed by atoms with van der Waals surface area (Å²) in [6.45, 7) is 1.97. The van der Waals surface area contributed by atoms with Crippen molar-refractivity contribution in [1.29, 1.82) is 0 Å². The standard InChI is InChI=1S/C10H10N2O3/c1-2-15-9(13)4-3-7-5-8(11)10(14)12-6-7/h5-6H,2,11H2,1H3,(H,12,14). The van der Waals surface area contributed by atoms with Crippen molar-refractivity contribution in [2.24, 2.45) is 0 Å². The van der Waals surface area contributed by atoms with Gasteiger partial charge in [0.25, 0.3) is 5.56 Å². The Morgan fingerprint density at radius 3 is 3.00 bits per heavy atom. The maximum atomic E-state index is 10.9. The fourth-order valence-electron chi connectivity index (χ4n) is 0.864. The van der Waals surface area contributed by atoms with Crippen molar-refractivity contribution in [3.05, 3.63) is 28.2 Å². The van der Waals surface area contributed by atoms with Gasteiger partial charge in [0.1, 0.15) is 0 Å². The highest BCUT2D eigenvalue weighted by molar-refractivity contribution is 5.89. The number of pyridine rings is 1. The van der Waals surface area contributed by atoms with Crippen LogP contribution in [0.3, 0.4) is 0 Å². The molecule has 78 valence electrons. The molecule has 1 aromatic heterocycles. The van der Waals surface area contributed by atoms with Crippen molar-refractivity contribution in [2.75, 3.05) is 12.3 Å². The van der Waals surface area contributed by atoms with Gasteiger partial charge in [-0.3, -0.25) is 4.79 Å². The first-order valence-electron chi connectivity index (χ1n) is 4.30. The molecule has 1 rings (SSSR count). The third kappa shape index (κ3) is 3.19. The zero-order chi connectivity index (χ0) is 11.3. The molecule has 15 heavy (non-hydrogen) atoms. The molecule has 0 aliphatic carbocycles. The number of nitrogen functional groups attached to an aromatic ring is 1. The summed E-state index contributed by atoms with van der Waals surface area (Å²) in [7, 11) is 0. The second kappa shape index (κ2) is 4.86. The number of aromatic amines is 1. The topological polar surface area (TPSA) is 85.2 Å². The van der Waals surface area contributed by atoms with Gasteiger partial charge in [0.05, 0.1) is 12.3 Å². The summed E-state index contributed by atoms with van der Waals surface area (Å²) in [6.07, 6.45) is 1.38. The molecule has 0 spiro atoms. The van der Waals surface area contributed by atoms with E-state index in [-0.39, 0.29) is 17.9 Å². The monoisotopic (exact) mass is 206 g/mol. The van der Waals surface area contributed by atoms with Crippen LogP contribution < -0.4 is 11.3 Å². The zero-order valence-corrected chi connectivity index (χ0v) is 8.16. The highest BCUT2D eigenvalue weighted by Gasteiger charge is 1.96. The van der Waals surface area contributed by atoms with Gasteiger partial charge < -0.3 is 15.5 Å². The fourth-order valence-corrected chi connectivity index (χ4v) is 0.864. The number of hydrogen-bond acceptors (Lipinski definition) is 4. The lowest BCUT2D eigenvalue weighted by Crippen LogP contribution is -2.10. The van der Waals surface area contributed by atoms with Crippen LogP contribution in [-0.2, 0) is 9.53 Å². The number of ether oxygens (including phenoxy) is 1. The van der Waals surface area contributed by atoms with Gasteiger partial charge in [-0.05, 0) is 13.0 Å². The Morgan fingerprint density at radius 2 is 2.40 bits per heavy atom. The molecule has 3 N–H and O–H groups in total. The zero-order valence-electron chi connectivity index (χ0n) is 8.16. The number of nitrogens with two attached hydrogens (primary N) is 1. The molecule has 0 saturated carbocycles. The van der Waals surface area contributed by atoms with E-state index >= 15 is 0 Å². The Hall–Kier alpha value is -2.22. The number of hydrogen-bond donors (Lipinski definition) is 2. The SMILES string of the molecule is CCOC(=O)C#Cc1c[nH]c(=O)c(N)c1. The van der Waals surface area contributed by atoms with E-state index in [1.165, 1.54) is 12.3 Å². The number of aromatic nitrogens is 1. The van der Waals surface area contributed by atoms with Gasteiger partial charge >= 0.3 is 5.97 Å². The van der Waals surface area contributed by atoms with E-state index in [9.17, 15) is 9.59 Å². The van der Waals surface area contributed by atoms with E-state index in [0.29, 0.717) is 5.56 Å². The summed E-state index contributed by atoms with van der Waals surface area (Å²) in [6, 6.07) is 1.39. The van der Waals surface area contributed by atoms with Crippen molar-refractivity contribution < 1.29 is 9.53 Å². The Balaban J connectivity index is 2.85. The first-order valence-corrected chi connectivity index (χ1v) is 4.30. The Kier molecular flexibility index (Phi) is 3.52. The lowest BCUT2D eigenvalue weighted by atomic mass is 10.2. The quantitative estimate of drug-likeness (QED) is 0.495. The molecule has 0 unspecified atom stereocenters. The Labute approximate surface area is 86.3 Å². The minimum absolute atomic E-state index is 0.0608. The maximum Gasteiger partial charge on any atom is 0.384 e. The third-order valence-corrected chi connectivity index (χ3v) is 1.52. The van der Waals surface area contributed by atoms with Crippen molar-refractivity contribution in [3.63, 3.8) is 0 Å². The van der Waals surface area contributed by atoms with Gasteiger partial charge in [0.2, 0.25) is 0 Å². The molecule has 0 aliphatic rings. The molecule has 0 radical (unpaired) electrons. The van der Waals surface area contributed by atoms with Crippen molar-refractivity contribution in [1.82, 2.24) is 4.98 Å². The predicted octanol–water partition coefficient (Wildman–Crippen LogP) is -0.128. The van der Waals surface area contributed by atoms with Crippen LogP contribution in [0.1, 0.15) is 12.5 Å². The smallest absolute Gasteiger partial charge is 0.384 e. The summed E-state index contributed by atoms with van der Waals surface area (Å²) < 4.78 is 4.60. The molecule has 0 amide bonds. The number of carbonyl (C=O) groups is 1. The number of anilines is 1. The van der Waals surface area contributed by atoms with Crippen LogP contribution in [0.4, 0.5) is 5.69 Å². The molecule has 0 atom stereocenters. The second-order valence-electron chi connectivity index (χ2n) is 2.64. The molecular formula is C10H10N2O3. The summed E-state index contributed by atoms with van der Waals surface area (Å²) >= 11 is 0. The maximum absolute atomic E-state index is 10.9. The molecule has 0 aliphatic heterocycles. The van der Waals surface area contributed by atoms with E-state index in [1.54, 1.807) is 6.92 Å². The summed E-state index contributed by atoms with van der Waals surface area (Å²) in [5.74, 6) is 4.17. The molecular weight excluding hydrogens is 196 g/mol. The van der Waals surface area contributed by atoms with Crippen LogP contribution in [0, 0.1) is 11.8 Å². The number of nitrogens with one attached hydrogen (secondary N) is 1. The van der Waals surface area contributed by atoms with Crippen molar-refractivity contribution in [3.8, 4) is 11.8 Å². The van der Waals surface area contributed by atoms with Gasteiger partial charge in [0.15, 0.2) is 0 Å². The molecule has 0 fully saturated rings. The first-order chi connectivity index (χ1) is 7.13. The van der Waals surface area contributed by atoms with E-state index in [2.05, 4.69) is 21.6 Å². The molecule has 0 aromatic carbocycles. The molecule has 5 nitrogen and oxygen atoms in total. The second-order valence-corrected chi connectivity index (χ2v) is 2.64. The van der Waals surface area contributed by atoms with Crippen molar-refractivity contribution in [2.45, 2.75) is 6.92 Å². The van der Waals surface area contributed by atoms with E-state index in [0.717, 1.165) is 0 Å². The number of esters is 1. The Morgan fingerprint density at radius 1 is 1.67 bits per heavy atom. The molecule has 1 aromatic rings. The van der Waals surface area contributed by atoms with Gasteiger partial charge in [0, 0.05) is 17.7 Å². The number of carbonyl (C=O) groups excluding carboxylic acids is 1. The highest BCUT2D eigenvalue weighted by Crippen LogP contribution is 1.96. The molecule has 0 saturated heterocycles. The summed E-state index contributed by atoms with van der Waals surface area (Å²) in [5.41, 5.74) is 5.50. The van der Waals surface area contributed by atoms with Crippen molar-refractivity contribution >= 4 is 11.7 Å². The average Bonchev–Trinajstić information content (AvgIpc) is 2.20. The molecule has 0 bridgehead atoms.